The van der Waals surface area contributed by atoms with Crippen molar-refractivity contribution in [3.05, 3.63) is 29.3 Å². The fourth-order valence-corrected chi connectivity index (χ4v) is 3.35. The van der Waals surface area contributed by atoms with Gasteiger partial charge in [-0.2, -0.15) is 0 Å². The van der Waals surface area contributed by atoms with Gasteiger partial charge in [-0.1, -0.05) is 31.5 Å². The van der Waals surface area contributed by atoms with Gasteiger partial charge in [0, 0.05) is 12.0 Å². The summed E-state index contributed by atoms with van der Waals surface area (Å²) in [4.78, 5) is 0. The maximum Gasteiger partial charge on any atom is 0.128 e. The van der Waals surface area contributed by atoms with Gasteiger partial charge in [-0.3, -0.25) is 0 Å². The number of fused-ring (bicyclic) bond motifs is 1. The Bertz CT molecular complexity index is 441. The number of hydrogen-bond donors (Lipinski definition) is 1. The molecule has 1 aliphatic carbocycles. The first-order valence-electron chi connectivity index (χ1n) is 7.16. The molecule has 1 aliphatic heterocycles. The molecule has 1 aromatic carbocycles. The fraction of sp³-hybridized carbons (Fsp3) is 0.625. The summed E-state index contributed by atoms with van der Waals surface area (Å²) in [6.45, 7) is 3.05. The normalized spacial score (nSPS) is 31.6. The van der Waals surface area contributed by atoms with Crippen molar-refractivity contribution in [3.8, 4) is 5.75 Å². The second-order valence-electron chi connectivity index (χ2n) is 5.96. The highest BCUT2D eigenvalue weighted by molar-refractivity contribution is 5.47. The maximum absolute atomic E-state index is 11.0. The molecule has 0 saturated heterocycles. The first kappa shape index (κ1) is 12.0. The lowest BCUT2D eigenvalue weighted by Crippen LogP contribution is -2.25. The number of hydrogen-bond acceptors (Lipinski definition) is 2. The molecule has 2 nitrogen and oxygen atoms in total. The third-order valence-corrected chi connectivity index (χ3v) is 4.55. The summed E-state index contributed by atoms with van der Waals surface area (Å²) >= 11 is 0. The van der Waals surface area contributed by atoms with Crippen molar-refractivity contribution in [2.75, 3.05) is 6.61 Å². The molecule has 1 heterocycles. The van der Waals surface area contributed by atoms with Crippen LogP contribution in [0.25, 0.3) is 0 Å². The Hall–Kier alpha value is -1.02. The molecule has 18 heavy (non-hydrogen) atoms. The van der Waals surface area contributed by atoms with Crippen LogP contribution < -0.4 is 4.74 Å². The van der Waals surface area contributed by atoms with Crippen molar-refractivity contribution < 1.29 is 9.84 Å². The number of benzene rings is 1. The molecular formula is C16H22O2. The van der Waals surface area contributed by atoms with E-state index < -0.39 is 5.60 Å². The molecule has 0 aromatic heterocycles. The minimum Gasteiger partial charge on any atom is -0.493 e. The van der Waals surface area contributed by atoms with Gasteiger partial charge in [0.25, 0.3) is 0 Å². The van der Waals surface area contributed by atoms with Crippen LogP contribution in [-0.4, -0.2) is 11.7 Å². The smallest absolute Gasteiger partial charge is 0.128 e. The maximum atomic E-state index is 11.0. The van der Waals surface area contributed by atoms with Crippen LogP contribution in [0.3, 0.4) is 0 Å². The van der Waals surface area contributed by atoms with Gasteiger partial charge in [0.1, 0.15) is 5.75 Å². The molecule has 2 aliphatic rings. The molecule has 3 rings (SSSR count). The number of rotatable bonds is 1. The minimum absolute atomic E-state index is 0.666. The molecule has 0 bridgehead atoms. The summed E-state index contributed by atoms with van der Waals surface area (Å²) in [5.74, 6) is 1.70. The van der Waals surface area contributed by atoms with E-state index in [0.29, 0.717) is 0 Å². The molecule has 0 radical (unpaired) electrons. The Labute approximate surface area is 109 Å². The highest BCUT2D eigenvalue weighted by Crippen LogP contribution is 2.43. The largest absolute Gasteiger partial charge is 0.493 e. The molecule has 2 atom stereocenters. The lowest BCUT2D eigenvalue weighted by Gasteiger charge is -2.28. The second kappa shape index (κ2) is 4.58. The van der Waals surface area contributed by atoms with E-state index in [1.165, 1.54) is 12.0 Å². The van der Waals surface area contributed by atoms with Crippen LogP contribution in [0.2, 0.25) is 0 Å². The minimum atomic E-state index is -0.666. The van der Waals surface area contributed by atoms with E-state index in [0.717, 1.165) is 55.9 Å². The van der Waals surface area contributed by atoms with Gasteiger partial charge < -0.3 is 9.84 Å². The molecular weight excluding hydrogens is 224 g/mol. The monoisotopic (exact) mass is 246 g/mol. The SMILES string of the molecule is CC1CCCC(O)(c2cccc3c2OCC3)CC1. The number of para-hydroxylation sites is 1. The molecule has 1 aromatic rings. The third kappa shape index (κ3) is 2.03. The van der Waals surface area contributed by atoms with Crippen molar-refractivity contribution in [3.63, 3.8) is 0 Å². The molecule has 1 fully saturated rings. The van der Waals surface area contributed by atoms with Crippen LogP contribution in [0.4, 0.5) is 0 Å². The lowest BCUT2D eigenvalue weighted by molar-refractivity contribution is 0.0176. The highest BCUT2D eigenvalue weighted by atomic mass is 16.5. The number of ether oxygens (including phenoxy) is 1. The van der Waals surface area contributed by atoms with Crippen LogP contribution in [-0.2, 0) is 12.0 Å². The van der Waals surface area contributed by atoms with Crippen LogP contribution >= 0.6 is 0 Å². The van der Waals surface area contributed by atoms with Gasteiger partial charge in [0.05, 0.1) is 12.2 Å². The average Bonchev–Trinajstić information content (AvgIpc) is 2.77. The first-order chi connectivity index (χ1) is 8.69. The average molecular weight is 246 g/mol. The standard InChI is InChI=1S/C16H22O2/c1-12-4-3-9-16(17,10-7-12)14-6-2-5-13-8-11-18-15(13)14/h2,5-6,12,17H,3-4,7-11H2,1H3. The number of aliphatic hydroxyl groups is 1. The second-order valence-corrected chi connectivity index (χ2v) is 5.96. The van der Waals surface area contributed by atoms with E-state index in [2.05, 4.69) is 25.1 Å². The predicted octanol–water partition coefficient (Wildman–Crippen LogP) is 3.41. The van der Waals surface area contributed by atoms with Crippen LogP contribution in [0.5, 0.6) is 5.75 Å². The van der Waals surface area contributed by atoms with E-state index >= 15 is 0 Å². The Kier molecular flexibility index (Phi) is 3.06. The summed E-state index contributed by atoms with van der Waals surface area (Å²) in [7, 11) is 0. The van der Waals surface area contributed by atoms with E-state index in [4.69, 9.17) is 4.74 Å². The fourth-order valence-electron chi connectivity index (χ4n) is 3.35. The molecule has 1 saturated carbocycles. The van der Waals surface area contributed by atoms with Crippen molar-refractivity contribution in [2.45, 2.75) is 51.0 Å². The summed E-state index contributed by atoms with van der Waals surface area (Å²) in [5, 5.41) is 11.0. The van der Waals surface area contributed by atoms with Crippen molar-refractivity contribution >= 4 is 0 Å². The van der Waals surface area contributed by atoms with Gasteiger partial charge in [-0.15, -0.1) is 0 Å². The van der Waals surface area contributed by atoms with Crippen molar-refractivity contribution in [1.82, 2.24) is 0 Å². The topological polar surface area (TPSA) is 29.5 Å². The Morgan fingerprint density at radius 1 is 1.28 bits per heavy atom. The predicted molar refractivity (Wildman–Crippen MR) is 71.8 cm³/mol. The molecule has 0 spiro atoms. The van der Waals surface area contributed by atoms with E-state index in [1.54, 1.807) is 0 Å². The quantitative estimate of drug-likeness (QED) is 0.769. The molecule has 2 heteroatoms. The summed E-state index contributed by atoms with van der Waals surface area (Å²) in [6.07, 6.45) is 6.18. The van der Waals surface area contributed by atoms with Crippen LogP contribution in [0, 0.1) is 5.92 Å². The van der Waals surface area contributed by atoms with Gasteiger partial charge in [0.2, 0.25) is 0 Å². The van der Waals surface area contributed by atoms with E-state index in [9.17, 15) is 5.11 Å². The van der Waals surface area contributed by atoms with Gasteiger partial charge >= 0.3 is 0 Å². The van der Waals surface area contributed by atoms with E-state index in [-0.39, 0.29) is 0 Å². The van der Waals surface area contributed by atoms with Gasteiger partial charge in [-0.05, 0) is 37.2 Å². The Morgan fingerprint density at radius 3 is 3.06 bits per heavy atom. The molecule has 2 unspecified atom stereocenters. The third-order valence-electron chi connectivity index (χ3n) is 4.55. The Balaban J connectivity index is 1.96. The van der Waals surface area contributed by atoms with Crippen molar-refractivity contribution in [2.24, 2.45) is 5.92 Å². The zero-order valence-corrected chi connectivity index (χ0v) is 11.1. The molecule has 98 valence electrons. The van der Waals surface area contributed by atoms with Gasteiger partial charge in [0.15, 0.2) is 0 Å². The summed E-state index contributed by atoms with van der Waals surface area (Å²) in [5.41, 5.74) is 1.63. The zero-order chi connectivity index (χ0) is 12.6. The summed E-state index contributed by atoms with van der Waals surface area (Å²) in [6, 6.07) is 6.24. The summed E-state index contributed by atoms with van der Waals surface area (Å²) < 4.78 is 5.76. The van der Waals surface area contributed by atoms with Crippen LogP contribution in [0.15, 0.2) is 18.2 Å². The molecule has 0 amide bonds. The highest BCUT2D eigenvalue weighted by Gasteiger charge is 2.35. The van der Waals surface area contributed by atoms with Crippen LogP contribution in [0.1, 0.15) is 50.2 Å². The van der Waals surface area contributed by atoms with E-state index in [1.807, 2.05) is 0 Å². The van der Waals surface area contributed by atoms with Gasteiger partial charge in [-0.25, -0.2) is 0 Å². The Morgan fingerprint density at radius 2 is 2.17 bits per heavy atom. The molecule has 1 N–H and O–H groups in total. The zero-order valence-electron chi connectivity index (χ0n) is 11.1. The lowest BCUT2D eigenvalue weighted by atomic mass is 9.85. The first-order valence-corrected chi connectivity index (χ1v) is 7.16. The van der Waals surface area contributed by atoms with Crippen molar-refractivity contribution in [1.29, 1.82) is 0 Å².